The van der Waals surface area contributed by atoms with Crippen LogP contribution in [0, 0.1) is 0 Å². The average molecular weight is 578 g/mol. The zero-order chi connectivity index (χ0) is 28.8. The Labute approximate surface area is 243 Å². The molecule has 1 fully saturated rings. The van der Waals surface area contributed by atoms with Crippen LogP contribution in [0.4, 0.5) is 4.79 Å². The van der Waals surface area contributed by atoms with Crippen molar-refractivity contribution in [3.05, 3.63) is 69.7 Å². The molecule has 2 amide bonds. The van der Waals surface area contributed by atoms with Gasteiger partial charge in [-0.1, -0.05) is 59.6 Å². The van der Waals surface area contributed by atoms with Crippen molar-refractivity contribution in [1.82, 2.24) is 20.0 Å². The molecule has 0 aliphatic carbocycles. The first-order valence-corrected chi connectivity index (χ1v) is 14.2. The number of carbonyl (C=O) groups excluding carboxylic acids is 2. The van der Waals surface area contributed by atoms with Gasteiger partial charge >= 0.3 is 6.09 Å². The van der Waals surface area contributed by atoms with Crippen molar-refractivity contribution in [1.29, 1.82) is 0 Å². The number of amides is 2. The Morgan fingerprint density at radius 2 is 1.69 bits per heavy atom. The number of carbonyl (C=O) groups is 2. The molecule has 1 unspecified atom stereocenters. The van der Waals surface area contributed by atoms with Gasteiger partial charge in [0.2, 0.25) is 5.91 Å². The fourth-order valence-electron chi connectivity index (χ4n) is 5.09. The summed E-state index contributed by atoms with van der Waals surface area (Å²) in [5.41, 5.74) is 1.22. The number of nitrogens with one attached hydrogen (secondary N) is 1. The van der Waals surface area contributed by atoms with Crippen molar-refractivity contribution in [3.63, 3.8) is 0 Å². The van der Waals surface area contributed by atoms with E-state index < -0.39 is 5.60 Å². The fourth-order valence-corrected chi connectivity index (χ4v) is 5.39. The Morgan fingerprint density at radius 3 is 2.26 bits per heavy atom. The molecule has 39 heavy (non-hydrogen) atoms. The fraction of sp³-hybridized carbons (Fsp3) is 0.533. The zero-order valence-corrected chi connectivity index (χ0v) is 25.5. The van der Waals surface area contributed by atoms with Gasteiger partial charge in [-0.3, -0.25) is 9.69 Å². The Kier molecular flexibility index (Phi) is 10.7. The van der Waals surface area contributed by atoms with Gasteiger partial charge in [-0.2, -0.15) is 0 Å². The largest absolute Gasteiger partial charge is 0.444 e. The summed E-state index contributed by atoms with van der Waals surface area (Å²) >= 11 is 12.6. The summed E-state index contributed by atoms with van der Waals surface area (Å²) in [6.07, 6.45) is 1.32. The van der Waals surface area contributed by atoms with Crippen molar-refractivity contribution < 1.29 is 14.3 Å². The Hall–Kier alpha value is -2.32. The molecular formula is C30H42Cl2N4O3. The van der Waals surface area contributed by atoms with Gasteiger partial charge < -0.3 is 19.9 Å². The third-order valence-electron chi connectivity index (χ3n) is 7.23. The first kappa shape index (κ1) is 31.2. The monoisotopic (exact) mass is 576 g/mol. The Balaban J connectivity index is 1.68. The van der Waals surface area contributed by atoms with E-state index in [1.165, 1.54) is 0 Å². The highest BCUT2D eigenvalue weighted by molar-refractivity contribution is 6.42. The second kappa shape index (κ2) is 13.4. The highest BCUT2D eigenvalue weighted by atomic mass is 35.5. The Bertz CT molecular complexity index is 1110. The number of nitrogens with zero attached hydrogens (tertiary/aromatic N) is 3. The number of halogens is 2. The SMILES string of the molecule is CC(=O)NC1(c2ccccc2)CCN(CCN(C)C(CN(C)C(=O)OC(C)(C)C)c2ccc(Cl)c(Cl)c2)CC1. The average Bonchev–Trinajstić information content (AvgIpc) is 2.87. The summed E-state index contributed by atoms with van der Waals surface area (Å²) in [6.45, 7) is 11.0. The van der Waals surface area contributed by atoms with Crippen molar-refractivity contribution in [2.45, 2.75) is 57.7 Å². The van der Waals surface area contributed by atoms with Gasteiger partial charge in [-0.25, -0.2) is 4.79 Å². The number of rotatable bonds is 9. The van der Waals surface area contributed by atoms with Crippen LogP contribution in [0.5, 0.6) is 0 Å². The van der Waals surface area contributed by atoms with Gasteiger partial charge in [0.15, 0.2) is 0 Å². The number of likely N-dealkylation sites (N-methyl/N-ethyl adjacent to an activating group) is 2. The predicted octanol–water partition coefficient (Wildman–Crippen LogP) is 5.96. The van der Waals surface area contributed by atoms with Crippen molar-refractivity contribution in [2.75, 3.05) is 46.8 Å². The molecule has 1 N–H and O–H groups in total. The van der Waals surface area contributed by atoms with E-state index in [1.807, 2.05) is 51.1 Å². The molecule has 9 heteroatoms. The molecule has 2 aromatic carbocycles. The highest BCUT2D eigenvalue weighted by Crippen LogP contribution is 2.33. The predicted molar refractivity (Wildman–Crippen MR) is 158 cm³/mol. The van der Waals surface area contributed by atoms with Crippen LogP contribution < -0.4 is 5.32 Å². The molecule has 3 rings (SSSR count). The van der Waals surface area contributed by atoms with Crippen LogP contribution in [-0.2, 0) is 15.1 Å². The molecule has 0 saturated carbocycles. The van der Waals surface area contributed by atoms with Crippen LogP contribution in [0.1, 0.15) is 57.7 Å². The van der Waals surface area contributed by atoms with Crippen LogP contribution in [0.25, 0.3) is 0 Å². The first-order chi connectivity index (χ1) is 18.3. The molecule has 1 aliphatic rings. The minimum Gasteiger partial charge on any atom is -0.444 e. The zero-order valence-electron chi connectivity index (χ0n) is 24.0. The quantitative estimate of drug-likeness (QED) is 0.399. The molecular weight excluding hydrogens is 535 g/mol. The maximum atomic E-state index is 12.7. The molecule has 1 saturated heterocycles. The van der Waals surface area contributed by atoms with E-state index in [0.717, 1.165) is 50.1 Å². The lowest BCUT2D eigenvalue weighted by molar-refractivity contribution is -0.121. The topological polar surface area (TPSA) is 65.1 Å². The van der Waals surface area contributed by atoms with Gasteiger partial charge in [0.05, 0.1) is 21.6 Å². The maximum Gasteiger partial charge on any atom is 0.410 e. The second-order valence-corrected chi connectivity index (χ2v) is 12.3. The number of likely N-dealkylation sites (tertiary alicyclic amines) is 1. The van der Waals surface area contributed by atoms with Crippen LogP contribution in [0.15, 0.2) is 48.5 Å². The number of piperidine rings is 1. The maximum absolute atomic E-state index is 12.7. The number of hydrogen-bond acceptors (Lipinski definition) is 5. The van der Waals surface area contributed by atoms with Crippen LogP contribution >= 0.6 is 23.2 Å². The van der Waals surface area contributed by atoms with Crippen molar-refractivity contribution >= 4 is 35.2 Å². The lowest BCUT2D eigenvalue weighted by Gasteiger charge is -2.43. The summed E-state index contributed by atoms with van der Waals surface area (Å²) in [6, 6.07) is 15.8. The lowest BCUT2D eigenvalue weighted by atomic mass is 9.80. The number of benzene rings is 2. The smallest absolute Gasteiger partial charge is 0.410 e. The summed E-state index contributed by atoms with van der Waals surface area (Å²) in [5, 5.41) is 4.23. The number of hydrogen-bond donors (Lipinski definition) is 1. The standard InChI is InChI=1S/C30H42Cl2N4O3/c1-22(37)33-30(24-10-8-7-9-11-24)14-16-36(17-15-30)19-18-34(5)27(23-12-13-25(31)26(32)20-23)21-35(6)28(38)39-29(2,3)4/h7-13,20,27H,14-19,21H2,1-6H3,(H,33,37). The van der Waals surface area contributed by atoms with E-state index in [4.69, 9.17) is 27.9 Å². The van der Waals surface area contributed by atoms with Gasteiger partial charge in [0, 0.05) is 46.7 Å². The Morgan fingerprint density at radius 1 is 1.05 bits per heavy atom. The summed E-state index contributed by atoms with van der Waals surface area (Å²) in [7, 11) is 3.81. The molecule has 1 aliphatic heterocycles. The molecule has 1 atom stereocenters. The van der Waals surface area contributed by atoms with Gasteiger partial charge in [-0.15, -0.1) is 0 Å². The second-order valence-electron chi connectivity index (χ2n) is 11.5. The van der Waals surface area contributed by atoms with E-state index in [9.17, 15) is 9.59 Å². The minimum atomic E-state index is -0.573. The summed E-state index contributed by atoms with van der Waals surface area (Å²) in [5.74, 6) is -0.00869. The van der Waals surface area contributed by atoms with Crippen LogP contribution in [-0.4, -0.2) is 79.1 Å². The van der Waals surface area contributed by atoms with Gasteiger partial charge in [0.25, 0.3) is 0 Å². The third-order valence-corrected chi connectivity index (χ3v) is 7.97. The molecule has 0 aromatic heterocycles. The third kappa shape index (κ3) is 8.84. The van der Waals surface area contributed by atoms with E-state index in [0.29, 0.717) is 16.6 Å². The normalized spacial score (nSPS) is 16.5. The molecule has 214 valence electrons. The number of ether oxygens (including phenoxy) is 1. The highest BCUT2D eigenvalue weighted by Gasteiger charge is 2.37. The van der Waals surface area contributed by atoms with E-state index in [-0.39, 0.29) is 23.6 Å². The molecule has 0 bridgehead atoms. The van der Waals surface area contributed by atoms with Crippen molar-refractivity contribution in [3.8, 4) is 0 Å². The molecule has 2 aromatic rings. The minimum absolute atomic E-state index is 0.00869. The molecule has 0 spiro atoms. The van der Waals surface area contributed by atoms with E-state index >= 15 is 0 Å². The van der Waals surface area contributed by atoms with Crippen LogP contribution in [0.3, 0.4) is 0 Å². The summed E-state index contributed by atoms with van der Waals surface area (Å²) in [4.78, 5) is 31.1. The van der Waals surface area contributed by atoms with Crippen LogP contribution in [0.2, 0.25) is 10.0 Å². The van der Waals surface area contributed by atoms with E-state index in [1.54, 1.807) is 24.9 Å². The van der Waals surface area contributed by atoms with Crippen molar-refractivity contribution in [2.24, 2.45) is 0 Å². The van der Waals surface area contributed by atoms with E-state index in [2.05, 4.69) is 34.3 Å². The lowest BCUT2D eigenvalue weighted by Crippen LogP contribution is -2.53. The van der Waals surface area contributed by atoms with Gasteiger partial charge in [0.1, 0.15) is 5.60 Å². The molecule has 1 heterocycles. The summed E-state index contributed by atoms with van der Waals surface area (Å²) < 4.78 is 5.58. The molecule has 7 nitrogen and oxygen atoms in total. The molecule has 0 radical (unpaired) electrons. The first-order valence-electron chi connectivity index (χ1n) is 13.5. The van der Waals surface area contributed by atoms with Gasteiger partial charge in [-0.05, 0) is 63.9 Å².